The summed E-state index contributed by atoms with van der Waals surface area (Å²) in [7, 11) is 1.42. The molecule has 0 amide bonds. The maximum atomic E-state index is 12.0. The lowest BCUT2D eigenvalue weighted by molar-refractivity contribution is -0.0329. The number of aliphatic hydroxyl groups excluding tert-OH is 1. The Morgan fingerprint density at radius 3 is 2.58 bits per heavy atom. The van der Waals surface area contributed by atoms with Gasteiger partial charge in [-0.3, -0.25) is 0 Å². The summed E-state index contributed by atoms with van der Waals surface area (Å²) < 4.78 is 46.7. The summed E-state index contributed by atoms with van der Waals surface area (Å²) in [4.78, 5) is 0. The average Bonchev–Trinajstić information content (AvgIpc) is 2.34. The minimum absolute atomic E-state index is 0.0996. The van der Waals surface area contributed by atoms with Gasteiger partial charge in [0.1, 0.15) is 0 Å². The highest BCUT2D eigenvalue weighted by molar-refractivity contribution is 9.10. The molecular weight excluding hydrogens is 349 g/mol. The van der Waals surface area contributed by atoms with Crippen molar-refractivity contribution in [3.63, 3.8) is 0 Å². The normalized spacial score (nSPS) is 11.5. The van der Waals surface area contributed by atoms with Gasteiger partial charge in [-0.05, 0) is 45.4 Å². The number of thioether (sulfide) groups is 1. The molecule has 0 heterocycles. The summed E-state index contributed by atoms with van der Waals surface area (Å²) in [5.74, 6) is 0.471. The van der Waals surface area contributed by atoms with Crippen LogP contribution in [0.5, 0.6) is 11.5 Å². The molecule has 1 N–H and O–H groups in total. The molecule has 0 bridgehead atoms. The van der Waals surface area contributed by atoms with Crippen LogP contribution < -0.4 is 9.47 Å². The maximum absolute atomic E-state index is 12.0. The summed E-state index contributed by atoms with van der Waals surface area (Å²) in [5, 5.41) is 9.03. The first kappa shape index (κ1) is 16.5. The summed E-state index contributed by atoms with van der Waals surface area (Å²) in [5.41, 5.74) is -3.65. The lowest BCUT2D eigenvalue weighted by Crippen LogP contribution is -2.08. The van der Waals surface area contributed by atoms with Crippen LogP contribution in [0, 0.1) is 0 Å². The molecule has 8 heteroatoms. The third-order valence-corrected chi connectivity index (χ3v) is 3.35. The second kappa shape index (κ2) is 7.25. The molecule has 1 aromatic rings. The molecule has 19 heavy (non-hydrogen) atoms. The predicted octanol–water partition coefficient (Wildman–Crippen LogP) is 3.58. The van der Waals surface area contributed by atoms with Crippen LogP contribution in [-0.4, -0.2) is 30.1 Å². The number of halogens is 4. The van der Waals surface area contributed by atoms with E-state index in [9.17, 15) is 13.2 Å². The van der Waals surface area contributed by atoms with Crippen LogP contribution in [0.4, 0.5) is 13.2 Å². The summed E-state index contributed by atoms with van der Waals surface area (Å²) in [6, 6.07) is 3.19. The van der Waals surface area contributed by atoms with Crippen LogP contribution in [0.25, 0.3) is 0 Å². The summed E-state index contributed by atoms with van der Waals surface area (Å²) in [6.45, 7) is -0.267. The molecule has 0 spiro atoms. The molecule has 1 rings (SSSR count). The van der Waals surface area contributed by atoms with Crippen molar-refractivity contribution in [1.82, 2.24) is 0 Å². The number of ether oxygens (including phenoxy) is 2. The first-order valence-corrected chi connectivity index (χ1v) is 6.96. The van der Waals surface area contributed by atoms with E-state index in [1.165, 1.54) is 7.11 Å². The first-order chi connectivity index (χ1) is 8.87. The first-order valence-electron chi connectivity index (χ1n) is 5.18. The molecule has 108 valence electrons. The molecule has 1 aromatic carbocycles. The molecule has 0 aliphatic heterocycles. The van der Waals surface area contributed by atoms with Crippen molar-refractivity contribution in [3.8, 4) is 11.5 Å². The molecule has 0 aliphatic rings. The lowest BCUT2D eigenvalue weighted by atomic mass is 10.2. The van der Waals surface area contributed by atoms with Crippen molar-refractivity contribution in [1.29, 1.82) is 0 Å². The molecule has 0 saturated heterocycles. The van der Waals surface area contributed by atoms with Gasteiger partial charge in [0.2, 0.25) is 0 Å². The van der Waals surface area contributed by atoms with Crippen molar-refractivity contribution in [3.05, 3.63) is 22.2 Å². The molecule has 0 unspecified atom stereocenters. The van der Waals surface area contributed by atoms with Gasteiger partial charge < -0.3 is 14.6 Å². The van der Waals surface area contributed by atoms with E-state index < -0.39 is 5.51 Å². The largest absolute Gasteiger partial charge is 0.493 e. The van der Waals surface area contributed by atoms with E-state index in [0.717, 1.165) is 0 Å². The highest BCUT2D eigenvalue weighted by Crippen LogP contribution is 2.37. The van der Waals surface area contributed by atoms with E-state index >= 15 is 0 Å². The van der Waals surface area contributed by atoms with Crippen molar-refractivity contribution in [2.45, 2.75) is 12.1 Å². The van der Waals surface area contributed by atoms with Gasteiger partial charge in [-0.2, -0.15) is 13.2 Å². The van der Waals surface area contributed by atoms with E-state index in [-0.39, 0.29) is 30.7 Å². The molecule has 0 fully saturated rings. The highest BCUT2D eigenvalue weighted by Gasteiger charge is 2.27. The Morgan fingerprint density at radius 2 is 2.05 bits per heavy atom. The summed E-state index contributed by atoms with van der Waals surface area (Å²) in [6.07, 6.45) is 0. The SMILES string of the molecule is COc1cc(CO)cc(Br)c1OCCSC(F)(F)F. The Morgan fingerprint density at radius 1 is 1.37 bits per heavy atom. The second-order valence-electron chi connectivity index (χ2n) is 3.41. The van der Waals surface area contributed by atoms with E-state index in [1.54, 1.807) is 12.1 Å². The van der Waals surface area contributed by atoms with Gasteiger partial charge in [-0.1, -0.05) is 0 Å². The smallest absolute Gasteiger partial charge is 0.441 e. The fourth-order valence-electron chi connectivity index (χ4n) is 1.31. The van der Waals surface area contributed by atoms with Gasteiger partial charge in [0.25, 0.3) is 0 Å². The van der Waals surface area contributed by atoms with E-state index in [1.807, 2.05) is 0 Å². The van der Waals surface area contributed by atoms with Gasteiger partial charge in [0.05, 0.1) is 24.8 Å². The highest BCUT2D eigenvalue weighted by atomic mass is 79.9. The van der Waals surface area contributed by atoms with Crippen molar-refractivity contribution >= 4 is 27.7 Å². The molecule has 3 nitrogen and oxygen atoms in total. The minimum Gasteiger partial charge on any atom is -0.493 e. The van der Waals surface area contributed by atoms with Gasteiger partial charge in [0.15, 0.2) is 11.5 Å². The Balaban J connectivity index is 2.67. The van der Waals surface area contributed by atoms with Crippen molar-refractivity contribution < 1.29 is 27.8 Å². The maximum Gasteiger partial charge on any atom is 0.441 e. The summed E-state index contributed by atoms with van der Waals surface area (Å²) >= 11 is 3.08. The fraction of sp³-hybridized carbons (Fsp3) is 0.455. The molecule has 0 atom stereocenters. The van der Waals surface area contributed by atoms with Crippen LogP contribution in [-0.2, 0) is 6.61 Å². The quantitative estimate of drug-likeness (QED) is 0.787. The number of methoxy groups -OCH3 is 1. The van der Waals surface area contributed by atoms with Crippen LogP contribution in [0.1, 0.15) is 5.56 Å². The molecular formula is C11H12BrF3O3S. The average molecular weight is 361 g/mol. The number of alkyl halides is 3. The monoisotopic (exact) mass is 360 g/mol. The standard InChI is InChI=1S/C11H12BrF3O3S/c1-17-9-5-7(6-16)4-8(12)10(9)18-2-3-19-11(13,14)15/h4-5,16H,2-3,6H2,1H3. The fourth-order valence-corrected chi connectivity index (χ4v) is 2.31. The zero-order valence-electron chi connectivity index (χ0n) is 9.96. The topological polar surface area (TPSA) is 38.7 Å². The zero-order valence-corrected chi connectivity index (χ0v) is 12.4. The van der Waals surface area contributed by atoms with Gasteiger partial charge >= 0.3 is 5.51 Å². The van der Waals surface area contributed by atoms with E-state index in [2.05, 4.69) is 15.9 Å². The van der Waals surface area contributed by atoms with Gasteiger partial charge in [-0.15, -0.1) is 0 Å². The number of hydrogen-bond acceptors (Lipinski definition) is 4. The van der Waals surface area contributed by atoms with Crippen LogP contribution in [0.3, 0.4) is 0 Å². The van der Waals surface area contributed by atoms with Crippen LogP contribution in [0.15, 0.2) is 16.6 Å². The van der Waals surface area contributed by atoms with Crippen LogP contribution in [0.2, 0.25) is 0 Å². The van der Waals surface area contributed by atoms with E-state index in [0.29, 0.717) is 21.5 Å². The Hall–Kier alpha value is -0.600. The zero-order chi connectivity index (χ0) is 14.5. The lowest BCUT2D eigenvalue weighted by Gasteiger charge is -2.14. The van der Waals surface area contributed by atoms with Gasteiger partial charge in [0, 0.05) is 5.75 Å². The predicted molar refractivity (Wildman–Crippen MR) is 70.6 cm³/mol. The number of hydrogen-bond donors (Lipinski definition) is 1. The van der Waals surface area contributed by atoms with Gasteiger partial charge in [-0.25, -0.2) is 0 Å². The Labute approximate surface area is 121 Å². The Bertz CT molecular complexity index is 426. The Kier molecular flexibility index (Phi) is 6.28. The number of rotatable bonds is 6. The second-order valence-corrected chi connectivity index (χ2v) is 5.42. The number of aliphatic hydroxyl groups is 1. The minimum atomic E-state index is -4.26. The third kappa shape index (κ3) is 5.50. The molecule has 0 aromatic heterocycles. The third-order valence-electron chi connectivity index (χ3n) is 2.07. The molecule has 0 radical (unpaired) electrons. The van der Waals surface area contributed by atoms with Crippen LogP contribution >= 0.6 is 27.7 Å². The molecule has 0 saturated carbocycles. The van der Waals surface area contributed by atoms with Crippen molar-refractivity contribution in [2.24, 2.45) is 0 Å². The molecule has 0 aliphatic carbocycles. The number of benzene rings is 1. The van der Waals surface area contributed by atoms with Crippen molar-refractivity contribution in [2.75, 3.05) is 19.5 Å². The van der Waals surface area contributed by atoms with E-state index in [4.69, 9.17) is 14.6 Å².